The zero-order valence-corrected chi connectivity index (χ0v) is 6.42. The van der Waals surface area contributed by atoms with Crippen molar-refractivity contribution < 1.29 is 9.90 Å². The number of aliphatic carboxylic acids is 1. The van der Waals surface area contributed by atoms with E-state index in [0.717, 1.165) is 12.8 Å². The van der Waals surface area contributed by atoms with Crippen LogP contribution in [0.15, 0.2) is 0 Å². The maximum absolute atomic E-state index is 10.8. The average molecular weight is 155 g/mol. The van der Waals surface area contributed by atoms with Gasteiger partial charge in [-0.15, -0.1) is 0 Å². The summed E-state index contributed by atoms with van der Waals surface area (Å²) in [7, 11) is 0. The molecule has 0 spiro atoms. The molecular formula is C8H13NO2. The number of carboxylic acid groups (broad SMARTS) is 1. The van der Waals surface area contributed by atoms with Crippen molar-refractivity contribution in [3.63, 3.8) is 0 Å². The van der Waals surface area contributed by atoms with Crippen LogP contribution in [-0.4, -0.2) is 16.6 Å². The molecule has 2 rings (SSSR count). The van der Waals surface area contributed by atoms with Gasteiger partial charge in [0, 0.05) is 0 Å². The number of nitrogens with two attached hydrogens (primary N) is 1. The molecule has 2 fully saturated rings. The van der Waals surface area contributed by atoms with Crippen LogP contribution in [0, 0.1) is 11.8 Å². The van der Waals surface area contributed by atoms with E-state index in [1.807, 2.05) is 0 Å². The monoisotopic (exact) mass is 155 g/mol. The van der Waals surface area contributed by atoms with E-state index < -0.39 is 11.5 Å². The van der Waals surface area contributed by atoms with Gasteiger partial charge in [-0.2, -0.15) is 0 Å². The van der Waals surface area contributed by atoms with Crippen LogP contribution in [0.2, 0.25) is 0 Å². The molecule has 3 nitrogen and oxygen atoms in total. The molecule has 62 valence electrons. The predicted octanol–water partition coefficient (Wildman–Crippen LogP) is 0.588. The first-order valence-corrected chi connectivity index (χ1v) is 4.15. The number of hydrogen-bond donors (Lipinski definition) is 2. The van der Waals surface area contributed by atoms with E-state index in [4.69, 9.17) is 10.8 Å². The summed E-state index contributed by atoms with van der Waals surface area (Å²) in [6.45, 7) is 0. The summed E-state index contributed by atoms with van der Waals surface area (Å²) < 4.78 is 0. The number of carbonyl (C=O) groups is 1. The van der Waals surface area contributed by atoms with Gasteiger partial charge in [0.15, 0.2) is 0 Å². The van der Waals surface area contributed by atoms with Gasteiger partial charge in [-0.3, -0.25) is 4.79 Å². The molecule has 3 N–H and O–H groups in total. The van der Waals surface area contributed by atoms with Crippen molar-refractivity contribution in [3.05, 3.63) is 0 Å². The molecule has 0 heterocycles. The highest BCUT2D eigenvalue weighted by Crippen LogP contribution is 2.49. The van der Waals surface area contributed by atoms with Gasteiger partial charge >= 0.3 is 5.97 Å². The molecule has 2 saturated carbocycles. The Labute approximate surface area is 65.6 Å². The van der Waals surface area contributed by atoms with E-state index in [1.54, 1.807) is 0 Å². The second-order valence-electron chi connectivity index (χ2n) is 3.93. The van der Waals surface area contributed by atoms with Crippen LogP contribution >= 0.6 is 0 Å². The second-order valence-corrected chi connectivity index (χ2v) is 3.93. The molecule has 0 aromatic heterocycles. The summed E-state index contributed by atoms with van der Waals surface area (Å²) in [5.74, 6) is 0.0517. The van der Waals surface area contributed by atoms with Gasteiger partial charge in [0.05, 0.1) is 0 Å². The first-order chi connectivity index (χ1) is 5.13. The SMILES string of the molecule is N[C@]1(C(=O)O)C[C@H]2CC[C@H]1C2. The fourth-order valence-corrected chi connectivity index (χ4v) is 2.63. The minimum Gasteiger partial charge on any atom is -0.480 e. The zero-order valence-electron chi connectivity index (χ0n) is 6.42. The van der Waals surface area contributed by atoms with Gasteiger partial charge in [0.25, 0.3) is 0 Å². The van der Waals surface area contributed by atoms with E-state index in [-0.39, 0.29) is 5.92 Å². The Bertz CT molecular complexity index is 204. The van der Waals surface area contributed by atoms with Gasteiger partial charge in [-0.25, -0.2) is 0 Å². The number of fused-ring (bicyclic) bond motifs is 2. The summed E-state index contributed by atoms with van der Waals surface area (Å²) in [4.78, 5) is 10.8. The largest absolute Gasteiger partial charge is 0.480 e. The standard InChI is InChI=1S/C8H13NO2/c9-8(7(10)11)4-5-1-2-6(8)3-5/h5-6H,1-4,9H2,(H,10,11)/t5-,6-,8+/m0/s1. The van der Waals surface area contributed by atoms with Crippen LogP contribution < -0.4 is 5.73 Å². The van der Waals surface area contributed by atoms with Crippen LogP contribution in [0.5, 0.6) is 0 Å². The first kappa shape index (κ1) is 7.10. The minimum atomic E-state index is -0.872. The highest BCUT2D eigenvalue weighted by Gasteiger charge is 2.53. The second kappa shape index (κ2) is 1.97. The van der Waals surface area contributed by atoms with Crippen LogP contribution in [0.25, 0.3) is 0 Å². The first-order valence-electron chi connectivity index (χ1n) is 4.15. The van der Waals surface area contributed by atoms with Gasteiger partial charge < -0.3 is 10.8 Å². The Kier molecular flexibility index (Phi) is 1.27. The molecular weight excluding hydrogens is 142 g/mol. The Morgan fingerprint density at radius 3 is 2.55 bits per heavy atom. The van der Waals surface area contributed by atoms with Crippen LogP contribution in [0.1, 0.15) is 25.7 Å². The Hall–Kier alpha value is -0.570. The van der Waals surface area contributed by atoms with Gasteiger partial charge in [0.2, 0.25) is 0 Å². The lowest BCUT2D eigenvalue weighted by Gasteiger charge is -2.28. The summed E-state index contributed by atoms with van der Waals surface area (Å²) in [5, 5.41) is 8.87. The van der Waals surface area contributed by atoms with Crippen molar-refractivity contribution in [1.29, 1.82) is 0 Å². The van der Waals surface area contributed by atoms with Gasteiger partial charge in [0.1, 0.15) is 5.54 Å². The Morgan fingerprint density at radius 1 is 1.55 bits per heavy atom. The smallest absolute Gasteiger partial charge is 0.323 e. The zero-order chi connectivity index (χ0) is 8.06. The van der Waals surface area contributed by atoms with E-state index in [9.17, 15) is 4.79 Å². The molecule has 0 amide bonds. The quantitative estimate of drug-likeness (QED) is 0.582. The van der Waals surface area contributed by atoms with Crippen molar-refractivity contribution in [3.8, 4) is 0 Å². The number of hydrogen-bond acceptors (Lipinski definition) is 2. The minimum absolute atomic E-state index is 0.255. The third-order valence-corrected chi connectivity index (χ3v) is 3.29. The molecule has 0 aromatic carbocycles. The molecule has 0 unspecified atom stereocenters. The summed E-state index contributed by atoms with van der Waals surface area (Å²) in [6, 6.07) is 0. The molecule has 2 aliphatic carbocycles. The normalized spacial score (nSPS) is 48.1. The number of carboxylic acids is 1. The molecule has 3 atom stereocenters. The summed E-state index contributed by atoms with van der Waals surface area (Å²) in [5.41, 5.74) is 4.92. The van der Waals surface area contributed by atoms with Gasteiger partial charge in [-0.05, 0) is 31.1 Å². The predicted molar refractivity (Wildman–Crippen MR) is 40.0 cm³/mol. The molecule has 2 aliphatic rings. The number of rotatable bonds is 1. The van der Waals surface area contributed by atoms with Crippen LogP contribution in [0.4, 0.5) is 0 Å². The maximum Gasteiger partial charge on any atom is 0.323 e. The third-order valence-electron chi connectivity index (χ3n) is 3.29. The Balaban J connectivity index is 2.23. The van der Waals surface area contributed by atoms with Crippen LogP contribution in [0.3, 0.4) is 0 Å². The van der Waals surface area contributed by atoms with E-state index in [2.05, 4.69) is 0 Å². The molecule has 3 heteroatoms. The van der Waals surface area contributed by atoms with Crippen LogP contribution in [-0.2, 0) is 4.79 Å². The molecule has 0 aliphatic heterocycles. The highest BCUT2D eigenvalue weighted by molar-refractivity contribution is 5.79. The van der Waals surface area contributed by atoms with E-state index in [0.29, 0.717) is 12.3 Å². The maximum atomic E-state index is 10.8. The van der Waals surface area contributed by atoms with Crippen molar-refractivity contribution >= 4 is 5.97 Å². The molecule has 0 radical (unpaired) electrons. The average Bonchev–Trinajstić information content (AvgIpc) is 2.45. The fraction of sp³-hybridized carbons (Fsp3) is 0.875. The lowest BCUT2D eigenvalue weighted by Crippen LogP contribution is -2.52. The van der Waals surface area contributed by atoms with E-state index >= 15 is 0 Å². The van der Waals surface area contributed by atoms with Crippen molar-refractivity contribution in [1.82, 2.24) is 0 Å². The lowest BCUT2D eigenvalue weighted by molar-refractivity contribution is -0.145. The summed E-state index contributed by atoms with van der Waals surface area (Å²) in [6.07, 6.45) is 3.96. The topological polar surface area (TPSA) is 63.3 Å². The summed E-state index contributed by atoms with van der Waals surface area (Å²) >= 11 is 0. The van der Waals surface area contributed by atoms with Crippen molar-refractivity contribution in [2.75, 3.05) is 0 Å². The molecule has 11 heavy (non-hydrogen) atoms. The molecule has 2 bridgehead atoms. The Morgan fingerprint density at radius 2 is 2.27 bits per heavy atom. The highest BCUT2D eigenvalue weighted by atomic mass is 16.4. The molecule has 0 saturated heterocycles. The van der Waals surface area contributed by atoms with Crippen molar-refractivity contribution in [2.45, 2.75) is 31.2 Å². The van der Waals surface area contributed by atoms with Crippen molar-refractivity contribution in [2.24, 2.45) is 17.6 Å². The lowest BCUT2D eigenvalue weighted by atomic mass is 9.82. The fourth-order valence-electron chi connectivity index (χ4n) is 2.63. The van der Waals surface area contributed by atoms with E-state index in [1.165, 1.54) is 6.42 Å². The molecule has 0 aromatic rings. The van der Waals surface area contributed by atoms with Gasteiger partial charge in [-0.1, -0.05) is 6.42 Å². The third kappa shape index (κ3) is 0.805.